The summed E-state index contributed by atoms with van der Waals surface area (Å²) in [4.78, 5) is 4.33. The molecule has 0 saturated heterocycles. The molecule has 1 saturated carbocycles. The lowest BCUT2D eigenvalue weighted by atomic mass is 10.0. The summed E-state index contributed by atoms with van der Waals surface area (Å²) in [5.41, 5.74) is 1.06. The molecule has 0 N–H and O–H groups in total. The van der Waals surface area contributed by atoms with Gasteiger partial charge in [0, 0.05) is 11.7 Å². The highest BCUT2D eigenvalue weighted by atomic mass is 32.2. The minimum atomic E-state index is -1.07. The maximum Gasteiger partial charge on any atom is 0.209 e. The van der Waals surface area contributed by atoms with Gasteiger partial charge >= 0.3 is 0 Å². The van der Waals surface area contributed by atoms with Gasteiger partial charge in [-0.15, -0.1) is 5.10 Å². The van der Waals surface area contributed by atoms with Gasteiger partial charge in [0.2, 0.25) is 5.16 Å². The van der Waals surface area contributed by atoms with Crippen molar-refractivity contribution in [3.8, 4) is 6.07 Å². The second-order valence-corrected chi connectivity index (χ2v) is 6.66. The number of nitriles is 1. The number of nitrogens with zero attached hydrogens (tertiary/aromatic N) is 4. The molecule has 1 aromatic carbocycles. The Balaban J connectivity index is 1.61. The predicted molar refractivity (Wildman–Crippen MR) is 76.4 cm³/mol. The monoisotopic (exact) mass is 300 g/mol. The number of fused-ring (bicyclic) bond motifs is 1. The second-order valence-electron chi connectivity index (χ2n) is 5.45. The summed E-state index contributed by atoms with van der Waals surface area (Å²) in [5.74, 6) is 0.514. The number of hydrogen-bond acceptors (Lipinski definition) is 4. The Labute approximate surface area is 126 Å². The van der Waals surface area contributed by atoms with Crippen molar-refractivity contribution in [2.45, 2.75) is 35.5 Å². The smallest absolute Gasteiger partial charge is 0.209 e. The van der Waals surface area contributed by atoms with E-state index in [0.717, 1.165) is 12.0 Å². The van der Waals surface area contributed by atoms with Crippen LogP contribution in [-0.2, 0) is 0 Å². The first-order valence-electron chi connectivity index (χ1n) is 6.98. The van der Waals surface area contributed by atoms with E-state index in [1.807, 2.05) is 30.3 Å². The van der Waals surface area contributed by atoms with Crippen LogP contribution in [0.3, 0.4) is 0 Å². The molecule has 1 aliphatic heterocycles. The van der Waals surface area contributed by atoms with Gasteiger partial charge in [-0.1, -0.05) is 42.1 Å². The molecule has 4 atom stereocenters. The van der Waals surface area contributed by atoms with Crippen molar-refractivity contribution in [1.82, 2.24) is 14.8 Å². The van der Waals surface area contributed by atoms with E-state index in [0.29, 0.717) is 17.4 Å². The second kappa shape index (κ2) is 4.85. The molecule has 0 amide bonds. The number of benzene rings is 1. The minimum Gasteiger partial charge on any atom is -0.239 e. The number of rotatable bonds is 3. The highest BCUT2D eigenvalue weighted by Crippen LogP contribution is 2.46. The van der Waals surface area contributed by atoms with E-state index < -0.39 is 6.17 Å². The highest BCUT2D eigenvalue weighted by Gasteiger charge is 2.41. The van der Waals surface area contributed by atoms with E-state index >= 15 is 0 Å². The molecule has 0 radical (unpaired) electrons. The lowest BCUT2D eigenvalue weighted by Crippen LogP contribution is -2.07. The summed E-state index contributed by atoms with van der Waals surface area (Å²) in [5, 5.41) is 14.2. The third-order valence-corrected chi connectivity index (χ3v) is 5.19. The number of hydrogen-bond donors (Lipinski definition) is 0. The number of thioether (sulfide) groups is 1. The highest BCUT2D eigenvalue weighted by molar-refractivity contribution is 8.00. The maximum absolute atomic E-state index is 14.2. The van der Waals surface area contributed by atoms with Gasteiger partial charge in [-0.2, -0.15) is 5.26 Å². The predicted octanol–water partition coefficient (Wildman–Crippen LogP) is 3.29. The van der Waals surface area contributed by atoms with E-state index in [9.17, 15) is 4.39 Å². The van der Waals surface area contributed by atoms with E-state index in [1.54, 1.807) is 4.68 Å². The van der Waals surface area contributed by atoms with Crippen LogP contribution in [-0.4, -0.2) is 20.0 Å². The zero-order chi connectivity index (χ0) is 14.4. The third-order valence-electron chi connectivity index (χ3n) is 3.98. The van der Waals surface area contributed by atoms with Crippen LogP contribution < -0.4 is 0 Å². The van der Waals surface area contributed by atoms with Crippen molar-refractivity contribution in [2.75, 3.05) is 0 Å². The summed E-state index contributed by atoms with van der Waals surface area (Å²) in [7, 11) is 0. The molecule has 0 spiro atoms. The van der Waals surface area contributed by atoms with Crippen LogP contribution in [0.15, 0.2) is 35.5 Å². The van der Waals surface area contributed by atoms with Crippen LogP contribution in [0.1, 0.15) is 36.4 Å². The molecule has 2 aromatic rings. The van der Waals surface area contributed by atoms with Crippen molar-refractivity contribution < 1.29 is 4.39 Å². The Bertz CT molecular complexity index is 708. The molecular formula is C15H13FN4S. The fourth-order valence-electron chi connectivity index (χ4n) is 2.73. The summed E-state index contributed by atoms with van der Waals surface area (Å²) >= 11 is 1.49. The molecule has 0 bridgehead atoms. The molecule has 106 valence electrons. The topological polar surface area (TPSA) is 54.5 Å². The first-order valence-corrected chi connectivity index (χ1v) is 7.86. The van der Waals surface area contributed by atoms with Crippen molar-refractivity contribution >= 4 is 11.8 Å². The van der Waals surface area contributed by atoms with Gasteiger partial charge in [-0.05, 0) is 12.0 Å². The van der Waals surface area contributed by atoms with Gasteiger partial charge in [-0.25, -0.2) is 14.1 Å². The molecular weight excluding hydrogens is 287 g/mol. The van der Waals surface area contributed by atoms with Gasteiger partial charge in [0.15, 0.2) is 12.0 Å². The molecule has 1 aromatic heterocycles. The zero-order valence-electron chi connectivity index (χ0n) is 11.2. The van der Waals surface area contributed by atoms with Gasteiger partial charge in [-0.3, -0.25) is 0 Å². The van der Waals surface area contributed by atoms with Crippen molar-refractivity contribution in [3.63, 3.8) is 0 Å². The molecule has 2 aliphatic rings. The standard InChI is InChI=1S/C15H13FN4S/c16-11-7-12(9-4-2-1-3-5-9)20-14(11)18-15(19-20)21-13-6-10(13)8-17/h1-5,10-13H,6-7H2. The van der Waals surface area contributed by atoms with E-state index in [-0.39, 0.29) is 17.2 Å². The van der Waals surface area contributed by atoms with Crippen LogP contribution in [0.5, 0.6) is 0 Å². The summed E-state index contributed by atoms with van der Waals surface area (Å²) in [6.07, 6.45) is 0.212. The average Bonchev–Trinajstić information content (AvgIpc) is 3.01. The molecule has 4 rings (SSSR count). The van der Waals surface area contributed by atoms with Gasteiger partial charge in [0.25, 0.3) is 0 Å². The summed E-state index contributed by atoms with van der Waals surface area (Å²) < 4.78 is 15.9. The Morgan fingerprint density at radius 1 is 1.29 bits per heavy atom. The quantitative estimate of drug-likeness (QED) is 0.873. The molecule has 4 nitrogen and oxygen atoms in total. The van der Waals surface area contributed by atoms with Gasteiger partial charge in [0.1, 0.15) is 0 Å². The van der Waals surface area contributed by atoms with Gasteiger partial charge in [0.05, 0.1) is 18.0 Å². The number of aromatic nitrogens is 3. The molecule has 2 heterocycles. The number of halogens is 1. The largest absolute Gasteiger partial charge is 0.239 e. The molecule has 6 heteroatoms. The molecule has 1 fully saturated rings. The lowest BCUT2D eigenvalue weighted by Gasteiger charge is -2.11. The fraction of sp³-hybridized carbons (Fsp3) is 0.400. The lowest BCUT2D eigenvalue weighted by molar-refractivity contribution is 0.327. The van der Waals surface area contributed by atoms with Crippen LogP contribution in [0, 0.1) is 17.2 Å². The Morgan fingerprint density at radius 3 is 2.81 bits per heavy atom. The van der Waals surface area contributed by atoms with Gasteiger partial charge < -0.3 is 0 Å². The van der Waals surface area contributed by atoms with Crippen molar-refractivity contribution in [2.24, 2.45) is 5.92 Å². The Kier molecular flexibility index (Phi) is 2.96. The Morgan fingerprint density at radius 2 is 2.10 bits per heavy atom. The van der Waals surface area contributed by atoms with E-state index in [4.69, 9.17) is 5.26 Å². The van der Waals surface area contributed by atoms with Crippen LogP contribution in [0.4, 0.5) is 4.39 Å². The maximum atomic E-state index is 14.2. The summed E-state index contributed by atoms with van der Waals surface area (Å²) in [6.45, 7) is 0. The average molecular weight is 300 g/mol. The molecule has 4 unspecified atom stereocenters. The van der Waals surface area contributed by atoms with E-state index in [2.05, 4.69) is 16.2 Å². The summed E-state index contributed by atoms with van der Waals surface area (Å²) in [6, 6.07) is 12.0. The third kappa shape index (κ3) is 2.22. The van der Waals surface area contributed by atoms with Crippen LogP contribution in [0.25, 0.3) is 0 Å². The first-order chi connectivity index (χ1) is 10.3. The first kappa shape index (κ1) is 12.8. The minimum absolute atomic E-state index is 0.0796. The van der Waals surface area contributed by atoms with Crippen LogP contribution in [0.2, 0.25) is 0 Å². The SMILES string of the molecule is N#CC1CC1Sc1nc2n(n1)C(c1ccccc1)CC2F. The zero-order valence-corrected chi connectivity index (χ0v) is 12.0. The Hall–Kier alpha value is -1.87. The molecule has 1 aliphatic carbocycles. The number of alkyl halides is 1. The normalized spacial score (nSPS) is 29.9. The fourth-order valence-corrected chi connectivity index (χ4v) is 3.82. The molecule has 21 heavy (non-hydrogen) atoms. The van der Waals surface area contributed by atoms with Crippen molar-refractivity contribution in [1.29, 1.82) is 5.26 Å². The van der Waals surface area contributed by atoms with Crippen LogP contribution >= 0.6 is 11.8 Å². The van der Waals surface area contributed by atoms with E-state index in [1.165, 1.54) is 11.8 Å². The van der Waals surface area contributed by atoms with Crippen molar-refractivity contribution in [3.05, 3.63) is 41.7 Å².